The Morgan fingerprint density at radius 3 is 2.36 bits per heavy atom. The fourth-order valence-corrected chi connectivity index (χ4v) is 1.88. The van der Waals surface area contributed by atoms with Crippen LogP contribution in [-0.4, -0.2) is 48.0 Å². The summed E-state index contributed by atoms with van der Waals surface area (Å²) in [5.74, 6) is -1.52. The van der Waals surface area contributed by atoms with E-state index in [0.29, 0.717) is 13.3 Å². The smallest absolute Gasteiger partial charge is 0.429 e. The molecule has 0 bridgehead atoms. The lowest BCUT2D eigenvalue weighted by Crippen LogP contribution is -2.76. The van der Waals surface area contributed by atoms with Gasteiger partial charge in [0.15, 0.2) is 6.79 Å². The van der Waals surface area contributed by atoms with Gasteiger partial charge in [-0.05, 0) is 13.3 Å². The van der Waals surface area contributed by atoms with E-state index in [-0.39, 0.29) is 0 Å². The number of halogens is 5. The zero-order chi connectivity index (χ0) is 17.4. The molecular formula is C12H17F5O5. The van der Waals surface area contributed by atoms with Gasteiger partial charge in [0, 0.05) is 0 Å². The molecular weight excluding hydrogens is 319 g/mol. The molecule has 0 aromatic rings. The maximum absolute atomic E-state index is 13.6. The molecule has 0 aromatic carbocycles. The van der Waals surface area contributed by atoms with E-state index in [4.69, 9.17) is 0 Å². The van der Waals surface area contributed by atoms with Crippen LogP contribution >= 0.6 is 0 Å². The van der Waals surface area contributed by atoms with Gasteiger partial charge in [0.05, 0.1) is 5.92 Å². The topological polar surface area (TPSA) is 65.0 Å². The van der Waals surface area contributed by atoms with Crippen LogP contribution in [-0.2, 0) is 19.0 Å². The first kappa shape index (κ1) is 19.0. The van der Waals surface area contributed by atoms with Crippen molar-refractivity contribution in [3.05, 3.63) is 0 Å². The Morgan fingerprint density at radius 2 is 1.91 bits per heavy atom. The van der Waals surface area contributed by atoms with E-state index in [0.717, 1.165) is 0 Å². The first-order valence-corrected chi connectivity index (χ1v) is 6.44. The number of esters is 1. The summed E-state index contributed by atoms with van der Waals surface area (Å²) < 4.78 is 79.0. The van der Waals surface area contributed by atoms with E-state index in [1.165, 1.54) is 6.92 Å². The molecule has 0 saturated carbocycles. The summed E-state index contributed by atoms with van der Waals surface area (Å²) in [7, 11) is 0. The number of ether oxygens (including phenoxy) is 3. The highest BCUT2D eigenvalue weighted by Gasteiger charge is 2.81. The average molecular weight is 336 g/mol. The number of hydrogen-bond acceptors (Lipinski definition) is 5. The second-order valence-electron chi connectivity index (χ2n) is 5.28. The SMILES string of the molecule is CCC(C)C(=O)OCC1(C)OCOC(F)(F)C1(O)C(F)(F)F. The molecule has 0 radical (unpaired) electrons. The number of rotatable bonds is 4. The van der Waals surface area contributed by atoms with E-state index in [1.807, 2.05) is 0 Å². The molecule has 1 aliphatic rings. The standard InChI is InChI=1S/C12H17F5O5/c1-4-7(2)8(18)20-5-9(3)10(19,11(13,14)15)12(16,17)22-6-21-9/h7,19H,4-6H2,1-3H3. The molecule has 0 aliphatic carbocycles. The first-order valence-electron chi connectivity index (χ1n) is 6.44. The molecule has 1 fully saturated rings. The lowest BCUT2D eigenvalue weighted by atomic mass is 9.81. The van der Waals surface area contributed by atoms with Gasteiger partial charge < -0.3 is 14.6 Å². The molecule has 1 aliphatic heterocycles. The summed E-state index contributed by atoms with van der Waals surface area (Å²) in [4.78, 5) is 11.5. The quantitative estimate of drug-likeness (QED) is 0.630. The lowest BCUT2D eigenvalue weighted by Gasteiger charge is -2.50. The van der Waals surface area contributed by atoms with Crippen molar-refractivity contribution in [1.82, 2.24) is 0 Å². The Kier molecular flexibility index (Phi) is 5.10. The number of alkyl halides is 5. The fourth-order valence-electron chi connectivity index (χ4n) is 1.88. The van der Waals surface area contributed by atoms with Gasteiger partial charge in [-0.1, -0.05) is 13.8 Å². The molecule has 0 aromatic heterocycles. The van der Waals surface area contributed by atoms with Gasteiger partial charge in [0.1, 0.15) is 12.2 Å². The van der Waals surface area contributed by atoms with Crippen molar-refractivity contribution >= 4 is 5.97 Å². The average Bonchev–Trinajstić information content (AvgIpc) is 2.39. The summed E-state index contributed by atoms with van der Waals surface area (Å²) in [6.07, 6.45) is -10.4. The van der Waals surface area contributed by atoms with E-state index < -0.39 is 48.8 Å². The monoisotopic (exact) mass is 336 g/mol. The molecule has 5 nitrogen and oxygen atoms in total. The van der Waals surface area contributed by atoms with Crippen LogP contribution in [0, 0.1) is 5.92 Å². The summed E-state index contributed by atoms with van der Waals surface area (Å²) >= 11 is 0. The van der Waals surface area contributed by atoms with E-state index >= 15 is 0 Å². The minimum atomic E-state index is -5.78. The second kappa shape index (κ2) is 5.89. The van der Waals surface area contributed by atoms with Crippen molar-refractivity contribution in [2.75, 3.05) is 13.4 Å². The summed E-state index contributed by atoms with van der Waals surface area (Å²) in [5, 5.41) is 9.65. The van der Waals surface area contributed by atoms with Crippen LogP contribution in [0.2, 0.25) is 0 Å². The van der Waals surface area contributed by atoms with Gasteiger partial charge in [0.25, 0.3) is 5.60 Å². The molecule has 1 heterocycles. The highest BCUT2D eigenvalue weighted by molar-refractivity contribution is 5.71. The Hall–Kier alpha value is -1.00. The molecule has 1 rings (SSSR count). The van der Waals surface area contributed by atoms with Crippen LogP contribution in [0.1, 0.15) is 27.2 Å². The van der Waals surface area contributed by atoms with Gasteiger partial charge in [-0.15, -0.1) is 0 Å². The zero-order valence-corrected chi connectivity index (χ0v) is 12.2. The highest BCUT2D eigenvalue weighted by atomic mass is 19.4. The Balaban J connectivity index is 3.09. The van der Waals surface area contributed by atoms with Gasteiger partial charge in [-0.2, -0.15) is 22.0 Å². The fraction of sp³-hybridized carbons (Fsp3) is 0.917. The minimum absolute atomic E-state index is 0.346. The predicted molar refractivity (Wildman–Crippen MR) is 61.8 cm³/mol. The molecule has 0 amide bonds. The first-order chi connectivity index (χ1) is 9.82. The van der Waals surface area contributed by atoms with Crippen molar-refractivity contribution < 1.29 is 46.1 Å². The third kappa shape index (κ3) is 2.91. The third-order valence-electron chi connectivity index (χ3n) is 3.72. The van der Waals surface area contributed by atoms with Gasteiger partial charge >= 0.3 is 18.3 Å². The molecule has 3 unspecified atom stereocenters. The molecule has 1 saturated heterocycles. The summed E-state index contributed by atoms with van der Waals surface area (Å²) in [6.45, 7) is 1.29. The number of carbonyl (C=O) groups excluding carboxylic acids is 1. The molecule has 0 spiro atoms. The molecule has 130 valence electrons. The van der Waals surface area contributed by atoms with Crippen LogP contribution in [0.25, 0.3) is 0 Å². The maximum atomic E-state index is 13.6. The lowest BCUT2D eigenvalue weighted by molar-refractivity contribution is -0.493. The van der Waals surface area contributed by atoms with E-state index in [2.05, 4.69) is 14.2 Å². The Bertz CT molecular complexity index is 427. The van der Waals surface area contributed by atoms with Crippen molar-refractivity contribution in [1.29, 1.82) is 0 Å². The van der Waals surface area contributed by atoms with E-state index in [1.54, 1.807) is 6.92 Å². The van der Waals surface area contributed by atoms with Crippen molar-refractivity contribution in [3.63, 3.8) is 0 Å². The van der Waals surface area contributed by atoms with Crippen LogP contribution in [0.15, 0.2) is 0 Å². The number of carbonyl (C=O) groups is 1. The van der Waals surface area contributed by atoms with Crippen LogP contribution in [0.5, 0.6) is 0 Å². The normalized spacial score (nSPS) is 33.3. The van der Waals surface area contributed by atoms with Gasteiger partial charge in [-0.25, -0.2) is 0 Å². The Morgan fingerprint density at radius 1 is 1.36 bits per heavy atom. The largest absolute Gasteiger partial charge is 0.462 e. The molecule has 3 atom stereocenters. The molecule has 1 N–H and O–H groups in total. The maximum Gasteiger partial charge on any atom is 0.429 e. The van der Waals surface area contributed by atoms with Crippen LogP contribution in [0.3, 0.4) is 0 Å². The molecule has 10 heteroatoms. The minimum Gasteiger partial charge on any atom is -0.462 e. The van der Waals surface area contributed by atoms with Crippen LogP contribution < -0.4 is 0 Å². The number of hydrogen-bond donors (Lipinski definition) is 1. The second-order valence-corrected chi connectivity index (χ2v) is 5.28. The van der Waals surface area contributed by atoms with Crippen molar-refractivity contribution in [2.45, 2.75) is 50.7 Å². The third-order valence-corrected chi connectivity index (χ3v) is 3.72. The van der Waals surface area contributed by atoms with E-state index in [9.17, 15) is 31.9 Å². The number of aliphatic hydroxyl groups is 1. The van der Waals surface area contributed by atoms with Gasteiger partial charge in [-0.3, -0.25) is 9.53 Å². The summed E-state index contributed by atoms with van der Waals surface area (Å²) in [6, 6.07) is 0. The predicted octanol–water partition coefficient (Wildman–Crippen LogP) is 2.22. The van der Waals surface area contributed by atoms with Crippen LogP contribution in [0.4, 0.5) is 22.0 Å². The molecule has 22 heavy (non-hydrogen) atoms. The van der Waals surface area contributed by atoms with Gasteiger partial charge in [0.2, 0.25) is 0 Å². The zero-order valence-electron chi connectivity index (χ0n) is 12.2. The van der Waals surface area contributed by atoms with Crippen molar-refractivity contribution in [3.8, 4) is 0 Å². The highest BCUT2D eigenvalue weighted by Crippen LogP contribution is 2.52. The Labute approximate surface area is 123 Å². The summed E-state index contributed by atoms with van der Waals surface area (Å²) in [5.41, 5.74) is -7.59. The van der Waals surface area contributed by atoms with Crippen molar-refractivity contribution in [2.24, 2.45) is 5.92 Å².